The number of ether oxygens (including phenoxy) is 1. The molecule has 0 atom stereocenters. The Kier molecular flexibility index (Phi) is 7.81. The second kappa shape index (κ2) is 13.5. The smallest absolute Gasteiger partial charge is 0.189 e. The van der Waals surface area contributed by atoms with Crippen LogP contribution in [-0.2, 0) is 0 Å². The highest BCUT2D eigenvalue weighted by Gasteiger charge is 2.53. The molecule has 0 radical (unpaired) electrons. The average molecular weight is 757 g/mol. The molecule has 0 saturated carbocycles. The number of rotatable bonds is 5. The van der Waals surface area contributed by atoms with Crippen molar-refractivity contribution in [2.24, 2.45) is 0 Å². The summed E-state index contributed by atoms with van der Waals surface area (Å²) in [6, 6.07) is 69.8. The van der Waals surface area contributed by atoms with Gasteiger partial charge >= 0.3 is 0 Å². The number of aromatic nitrogens is 3. The second-order valence-corrected chi connectivity index (χ2v) is 18.3. The Morgan fingerprint density at radius 2 is 0.828 bits per heavy atom. The van der Waals surface area contributed by atoms with E-state index in [0.29, 0.717) is 23.0 Å². The molecular formula is C52H32N4OSi. The highest BCUT2D eigenvalue weighted by molar-refractivity contribution is 7.23. The molecule has 5 nitrogen and oxygen atoms in total. The molecule has 0 unspecified atom stereocenters. The summed E-state index contributed by atoms with van der Waals surface area (Å²) in [5, 5.41) is 14.7. The molecule has 9 aromatic rings. The predicted octanol–water partition coefficient (Wildman–Crippen LogP) is 9.54. The number of nitrogens with zero attached hydrogens (tertiary/aromatic N) is 4. The fourth-order valence-corrected chi connectivity index (χ4v) is 14.2. The fourth-order valence-electron chi connectivity index (χ4n) is 8.77. The van der Waals surface area contributed by atoms with E-state index in [1.807, 2.05) is 66.7 Å². The molecule has 0 saturated heterocycles. The molecule has 8 aromatic carbocycles. The fraction of sp³-hybridized carbons (Fsp3) is 0. The molecule has 0 aliphatic carbocycles. The van der Waals surface area contributed by atoms with Gasteiger partial charge in [-0.25, -0.2) is 15.0 Å². The summed E-state index contributed by atoms with van der Waals surface area (Å²) in [5.74, 6) is 3.66. The molecule has 270 valence electrons. The van der Waals surface area contributed by atoms with Crippen LogP contribution in [0.5, 0.6) is 11.5 Å². The van der Waals surface area contributed by atoms with Crippen molar-refractivity contribution in [3.8, 4) is 85.1 Å². The molecule has 6 heteroatoms. The van der Waals surface area contributed by atoms with Crippen molar-refractivity contribution in [1.29, 1.82) is 5.26 Å². The summed E-state index contributed by atoms with van der Waals surface area (Å²) in [7, 11) is -2.70. The van der Waals surface area contributed by atoms with Crippen molar-refractivity contribution in [3.05, 3.63) is 200 Å². The predicted molar refractivity (Wildman–Crippen MR) is 234 cm³/mol. The zero-order chi connectivity index (χ0) is 38.6. The Labute approximate surface area is 337 Å². The molecule has 11 rings (SSSR count). The van der Waals surface area contributed by atoms with Gasteiger partial charge in [0.15, 0.2) is 25.5 Å². The van der Waals surface area contributed by atoms with E-state index >= 15 is 0 Å². The lowest BCUT2D eigenvalue weighted by Crippen LogP contribution is -2.74. The van der Waals surface area contributed by atoms with Gasteiger partial charge in [0, 0.05) is 16.7 Å². The first-order chi connectivity index (χ1) is 28.7. The van der Waals surface area contributed by atoms with Gasteiger partial charge in [0.05, 0.1) is 11.6 Å². The van der Waals surface area contributed by atoms with E-state index in [2.05, 4.69) is 133 Å². The van der Waals surface area contributed by atoms with Crippen molar-refractivity contribution in [1.82, 2.24) is 15.0 Å². The first kappa shape index (κ1) is 33.6. The first-order valence-electron chi connectivity index (χ1n) is 19.3. The molecule has 0 bridgehead atoms. The molecule has 0 N–H and O–H groups in total. The van der Waals surface area contributed by atoms with Crippen LogP contribution >= 0.6 is 0 Å². The minimum Gasteiger partial charge on any atom is -0.458 e. The molecular weight excluding hydrogens is 725 g/mol. The third-order valence-corrected chi connectivity index (χ3v) is 16.4. The van der Waals surface area contributed by atoms with E-state index in [9.17, 15) is 5.26 Å². The van der Waals surface area contributed by atoms with Crippen LogP contribution < -0.4 is 25.5 Å². The second-order valence-electron chi connectivity index (χ2n) is 14.7. The number of hydrogen-bond donors (Lipinski definition) is 0. The molecule has 0 fully saturated rings. The third kappa shape index (κ3) is 5.33. The van der Waals surface area contributed by atoms with Gasteiger partial charge in [-0.3, -0.25) is 0 Å². The zero-order valence-electron chi connectivity index (χ0n) is 31.2. The van der Waals surface area contributed by atoms with Gasteiger partial charge in [-0.2, -0.15) is 5.26 Å². The van der Waals surface area contributed by atoms with Crippen LogP contribution in [0.1, 0.15) is 5.56 Å². The maximum Gasteiger partial charge on any atom is 0.189 e. The lowest BCUT2D eigenvalue weighted by atomic mass is 10.0. The minimum absolute atomic E-state index is 0.589. The van der Waals surface area contributed by atoms with Crippen molar-refractivity contribution in [2.75, 3.05) is 0 Å². The average Bonchev–Trinajstić information content (AvgIpc) is 3.60. The Balaban J connectivity index is 1.01. The molecule has 1 aromatic heterocycles. The minimum atomic E-state index is -2.70. The highest BCUT2D eigenvalue weighted by atomic mass is 28.3. The number of nitriles is 1. The Morgan fingerprint density at radius 3 is 1.50 bits per heavy atom. The molecule has 58 heavy (non-hydrogen) atoms. The van der Waals surface area contributed by atoms with Crippen molar-refractivity contribution in [2.45, 2.75) is 0 Å². The number of para-hydroxylation sites is 1. The van der Waals surface area contributed by atoms with Crippen LogP contribution in [0.15, 0.2) is 194 Å². The molecule has 0 amide bonds. The Bertz CT molecular complexity index is 3050. The number of fused-ring (bicyclic) bond motifs is 9. The standard InChI is InChI=1S/C52H32N4OSi/c53-33-34-21-23-35(24-22-34)39-13-10-14-41(31-39)52-55-50(37-11-2-1-3-12-37)54-51(56-52)38-27-25-36(26-28-38)40-29-30-45-49(32-40)58(48-20-9-6-17-44(48)57-45)46-18-7-4-15-42(46)43-16-5-8-19-47(43)58/h1-32H. The lowest BCUT2D eigenvalue weighted by molar-refractivity contribution is 0.487. The van der Waals surface area contributed by atoms with Gasteiger partial charge in [0.25, 0.3) is 0 Å². The van der Waals surface area contributed by atoms with Gasteiger partial charge in [-0.15, -0.1) is 0 Å². The maximum absolute atomic E-state index is 9.30. The van der Waals surface area contributed by atoms with E-state index in [1.54, 1.807) is 0 Å². The molecule has 1 spiro atoms. The van der Waals surface area contributed by atoms with Gasteiger partial charge in [-0.05, 0) is 84.5 Å². The van der Waals surface area contributed by atoms with Crippen LogP contribution in [0, 0.1) is 11.3 Å². The van der Waals surface area contributed by atoms with Gasteiger partial charge < -0.3 is 4.74 Å². The van der Waals surface area contributed by atoms with Crippen molar-refractivity contribution in [3.63, 3.8) is 0 Å². The summed E-state index contributed by atoms with van der Waals surface area (Å²) in [6.07, 6.45) is 0. The van der Waals surface area contributed by atoms with Crippen LogP contribution in [0.4, 0.5) is 0 Å². The highest BCUT2D eigenvalue weighted by Crippen LogP contribution is 2.37. The lowest BCUT2D eigenvalue weighted by Gasteiger charge is -2.37. The normalized spacial score (nSPS) is 12.7. The third-order valence-electron chi connectivity index (χ3n) is 11.5. The largest absolute Gasteiger partial charge is 0.458 e. The zero-order valence-corrected chi connectivity index (χ0v) is 32.2. The summed E-state index contributed by atoms with van der Waals surface area (Å²) >= 11 is 0. The molecule has 2 aliphatic heterocycles. The molecule has 2 aliphatic rings. The summed E-state index contributed by atoms with van der Waals surface area (Å²) in [6.45, 7) is 0. The summed E-state index contributed by atoms with van der Waals surface area (Å²) < 4.78 is 6.70. The summed E-state index contributed by atoms with van der Waals surface area (Å²) in [5.41, 5.74) is 10.2. The summed E-state index contributed by atoms with van der Waals surface area (Å²) in [4.78, 5) is 15.0. The van der Waals surface area contributed by atoms with Gasteiger partial charge in [0.2, 0.25) is 0 Å². The Hall–Kier alpha value is -7.72. The monoisotopic (exact) mass is 756 g/mol. The number of benzene rings is 8. The van der Waals surface area contributed by atoms with Crippen LogP contribution in [0.3, 0.4) is 0 Å². The van der Waals surface area contributed by atoms with E-state index in [1.165, 1.54) is 31.9 Å². The van der Waals surface area contributed by atoms with E-state index < -0.39 is 8.07 Å². The van der Waals surface area contributed by atoms with E-state index in [4.69, 9.17) is 19.7 Å². The van der Waals surface area contributed by atoms with Crippen molar-refractivity contribution >= 4 is 28.8 Å². The van der Waals surface area contributed by atoms with E-state index in [-0.39, 0.29) is 0 Å². The van der Waals surface area contributed by atoms with Gasteiger partial charge in [0.1, 0.15) is 11.5 Å². The van der Waals surface area contributed by atoms with Crippen molar-refractivity contribution < 1.29 is 4.74 Å². The van der Waals surface area contributed by atoms with Gasteiger partial charge in [-0.1, -0.05) is 164 Å². The SMILES string of the molecule is N#Cc1ccc(-c2cccc(-c3nc(-c4ccccc4)nc(-c4ccc(-c5ccc6c(c5)[Si]5(c7ccccc7O6)c6ccccc6-c6ccccc65)cc4)n3)c2)cc1. The quantitative estimate of drug-likeness (QED) is 0.164. The van der Waals surface area contributed by atoms with E-state index in [0.717, 1.165) is 50.4 Å². The van der Waals surface area contributed by atoms with Crippen LogP contribution in [-0.4, -0.2) is 23.0 Å². The first-order valence-corrected chi connectivity index (χ1v) is 21.3. The Morgan fingerprint density at radius 1 is 0.362 bits per heavy atom. The molecule has 3 heterocycles. The topological polar surface area (TPSA) is 71.7 Å². The van der Waals surface area contributed by atoms with Crippen LogP contribution in [0.2, 0.25) is 0 Å². The van der Waals surface area contributed by atoms with Crippen LogP contribution in [0.25, 0.3) is 67.5 Å². The number of hydrogen-bond acceptors (Lipinski definition) is 5. The maximum atomic E-state index is 9.30.